The second kappa shape index (κ2) is 6.09. The molecule has 0 fully saturated rings. The summed E-state index contributed by atoms with van der Waals surface area (Å²) in [5, 5.41) is 11.4. The molecule has 94 valence electrons. The Bertz CT molecular complexity index is 589. The van der Waals surface area contributed by atoms with Gasteiger partial charge in [0.15, 0.2) is 0 Å². The summed E-state index contributed by atoms with van der Waals surface area (Å²) in [6, 6.07) is 10.8. The number of benzene rings is 2. The minimum atomic E-state index is -0.765. The molecule has 0 saturated carbocycles. The highest BCUT2D eigenvalue weighted by Crippen LogP contribution is 2.33. The van der Waals surface area contributed by atoms with Crippen molar-refractivity contribution >= 4 is 61.7 Å². The Kier molecular flexibility index (Phi) is 4.94. The highest BCUT2D eigenvalue weighted by atomic mass is 127. The van der Waals surface area contributed by atoms with Crippen molar-refractivity contribution in [1.82, 2.24) is 0 Å². The Morgan fingerprint density at radius 3 is 2.44 bits per heavy atom. The second-order valence-corrected chi connectivity index (χ2v) is 6.66. The van der Waals surface area contributed by atoms with E-state index < -0.39 is 6.10 Å². The van der Waals surface area contributed by atoms with E-state index in [4.69, 9.17) is 23.2 Å². The lowest BCUT2D eigenvalue weighted by Crippen LogP contribution is -2.02. The van der Waals surface area contributed by atoms with E-state index in [9.17, 15) is 5.11 Å². The quantitative estimate of drug-likeness (QED) is 0.595. The van der Waals surface area contributed by atoms with Gasteiger partial charge >= 0.3 is 0 Å². The van der Waals surface area contributed by atoms with E-state index in [0.29, 0.717) is 15.6 Å². The Balaban J connectivity index is 2.47. The van der Waals surface area contributed by atoms with Crippen LogP contribution in [-0.4, -0.2) is 5.11 Å². The van der Waals surface area contributed by atoms with Gasteiger partial charge in [-0.2, -0.15) is 0 Å². The summed E-state index contributed by atoms with van der Waals surface area (Å²) in [5.74, 6) is 0. The summed E-state index contributed by atoms with van der Waals surface area (Å²) in [7, 11) is 0. The molecule has 2 aromatic rings. The van der Waals surface area contributed by atoms with Crippen molar-refractivity contribution in [3.05, 3.63) is 65.6 Å². The maximum Gasteiger partial charge on any atom is 0.107 e. The first kappa shape index (κ1) is 14.6. The molecule has 0 aromatic heterocycles. The van der Waals surface area contributed by atoms with E-state index in [1.807, 2.05) is 18.2 Å². The van der Waals surface area contributed by atoms with E-state index >= 15 is 0 Å². The van der Waals surface area contributed by atoms with Gasteiger partial charge in [-0.15, -0.1) is 0 Å². The fraction of sp³-hybridized carbons (Fsp3) is 0.0769. The van der Waals surface area contributed by atoms with Gasteiger partial charge in [0, 0.05) is 23.7 Å². The standard InChI is InChI=1S/C13H8BrCl2IO/c14-7-1-4-12(17)10(5-7)13(18)9-3-2-8(15)6-11(9)16/h1-6,13,18H. The summed E-state index contributed by atoms with van der Waals surface area (Å²) in [6.07, 6.45) is -0.765. The maximum atomic E-state index is 10.4. The Labute approximate surface area is 137 Å². The molecule has 2 rings (SSSR count). The molecule has 0 heterocycles. The van der Waals surface area contributed by atoms with Crippen LogP contribution in [0.15, 0.2) is 40.9 Å². The van der Waals surface area contributed by atoms with Crippen molar-refractivity contribution in [1.29, 1.82) is 0 Å². The monoisotopic (exact) mass is 456 g/mol. The van der Waals surface area contributed by atoms with Gasteiger partial charge in [0.2, 0.25) is 0 Å². The summed E-state index contributed by atoms with van der Waals surface area (Å²) < 4.78 is 1.90. The van der Waals surface area contributed by atoms with Crippen LogP contribution in [0.5, 0.6) is 0 Å². The smallest absolute Gasteiger partial charge is 0.107 e. The summed E-state index contributed by atoms with van der Waals surface area (Å²) >= 11 is 17.5. The molecular weight excluding hydrogens is 450 g/mol. The molecule has 0 bridgehead atoms. The normalized spacial score (nSPS) is 12.5. The SMILES string of the molecule is OC(c1ccc(Cl)cc1Cl)c1cc(Br)ccc1I. The largest absolute Gasteiger partial charge is 0.384 e. The number of aliphatic hydroxyl groups is 1. The molecule has 1 N–H and O–H groups in total. The van der Waals surface area contributed by atoms with Crippen molar-refractivity contribution in [2.24, 2.45) is 0 Å². The lowest BCUT2D eigenvalue weighted by atomic mass is 10.0. The van der Waals surface area contributed by atoms with Gasteiger partial charge in [-0.25, -0.2) is 0 Å². The fourth-order valence-electron chi connectivity index (χ4n) is 1.61. The Hall–Kier alpha value is 0.190. The van der Waals surface area contributed by atoms with Gasteiger partial charge in [0.05, 0.1) is 0 Å². The zero-order valence-corrected chi connectivity index (χ0v) is 14.3. The zero-order chi connectivity index (χ0) is 13.3. The predicted octanol–water partition coefficient (Wildman–Crippen LogP) is 5.44. The molecule has 5 heteroatoms. The second-order valence-electron chi connectivity index (χ2n) is 3.73. The molecule has 0 radical (unpaired) electrons. The van der Waals surface area contributed by atoms with Crippen LogP contribution in [0.25, 0.3) is 0 Å². The zero-order valence-electron chi connectivity index (χ0n) is 9.00. The minimum Gasteiger partial charge on any atom is -0.384 e. The fourth-order valence-corrected chi connectivity index (χ4v) is 3.14. The van der Waals surface area contributed by atoms with Crippen molar-refractivity contribution in [3.63, 3.8) is 0 Å². The lowest BCUT2D eigenvalue weighted by molar-refractivity contribution is 0.219. The lowest BCUT2D eigenvalue weighted by Gasteiger charge is -2.15. The molecule has 18 heavy (non-hydrogen) atoms. The number of rotatable bonds is 2. The maximum absolute atomic E-state index is 10.4. The van der Waals surface area contributed by atoms with Crippen LogP contribution in [0.4, 0.5) is 0 Å². The molecule has 1 atom stereocenters. The Morgan fingerprint density at radius 2 is 1.78 bits per heavy atom. The van der Waals surface area contributed by atoms with Crippen LogP contribution in [-0.2, 0) is 0 Å². The molecule has 0 saturated heterocycles. The topological polar surface area (TPSA) is 20.2 Å². The minimum absolute atomic E-state index is 0.464. The molecule has 0 aliphatic carbocycles. The van der Waals surface area contributed by atoms with Crippen LogP contribution < -0.4 is 0 Å². The molecule has 1 unspecified atom stereocenters. The van der Waals surface area contributed by atoms with Crippen LogP contribution in [0.2, 0.25) is 10.0 Å². The number of hydrogen-bond acceptors (Lipinski definition) is 1. The third kappa shape index (κ3) is 3.20. The van der Waals surface area contributed by atoms with Crippen molar-refractivity contribution in [2.45, 2.75) is 6.10 Å². The number of halogens is 4. The third-order valence-corrected chi connectivity index (χ3v) is 4.55. The molecule has 1 nitrogen and oxygen atoms in total. The van der Waals surface area contributed by atoms with E-state index in [2.05, 4.69) is 38.5 Å². The summed E-state index contributed by atoms with van der Waals surface area (Å²) in [5.41, 5.74) is 1.46. The van der Waals surface area contributed by atoms with Gasteiger partial charge in [0.1, 0.15) is 6.10 Å². The van der Waals surface area contributed by atoms with Gasteiger partial charge in [0.25, 0.3) is 0 Å². The molecule has 0 aliphatic heterocycles. The Morgan fingerprint density at radius 1 is 1.06 bits per heavy atom. The summed E-state index contributed by atoms with van der Waals surface area (Å²) in [6.45, 7) is 0. The van der Waals surface area contributed by atoms with E-state index in [0.717, 1.165) is 13.6 Å². The van der Waals surface area contributed by atoms with E-state index in [1.165, 1.54) is 0 Å². The highest BCUT2D eigenvalue weighted by Gasteiger charge is 2.17. The first-order valence-corrected chi connectivity index (χ1v) is 7.70. The first-order chi connectivity index (χ1) is 8.49. The predicted molar refractivity (Wildman–Crippen MR) is 87.4 cm³/mol. The van der Waals surface area contributed by atoms with Crippen LogP contribution in [0, 0.1) is 3.57 Å². The average Bonchev–Trinajstić information content (AvgIpc) is 2.31. The van der Waals surface area contributed by atoms with Gasteiger partial charge in [-0.3, -0.25) is 0 Å². The molecular formula is C13H8BrCl2IO. The molecule has 0 aliphatic rings. The third-order valence-electron chi connectivity index (χ3n) is 2.51. The average molecular weight is 458 g/mol. The van der Waals surface area contributed by atoms with E-state index in [-0.39, 0.29) is 0 Å². The van der Waals surface area contributed by atoms with Gasteiger partial charge in [-0.1, -0.05) is 45.2 Å². The molecule has 0 amide bonds. The first-order valence-electron chi connectivity index (χ1n) is 5.07. The van der Waals surface area contributed by atoms with Crippen molar-refractivity contribution in [3.8, 4) is 0 Å². The van der Waals surface area contributed by atoms with Gasteiger partial charge < -0.3 is 5.11 Å². The van der Waals surface area contributed by atoms with Crippen molar-refractivity contribution in [2.75, 3.05) is 0 Å². The van der Waals surface area contributed by atoms with Crippen LogP contribution >= 0.6 is 61.7 Å². The van der Waals surface area contributed by atoms with E-state index in [1.54, 1.807) is 18.2 Å². The molecule has 0 spiro atoms. The number of hydrogen-bond donors (Lipinski definition) is 1. The van der Waals surface area contributed by atoms with Gasteiger partial charge in [-0.05, 0) is 58.5 Å². The summed E-state index contributed by atoms with van der Waals surface area (Å²) in [4.78, 5) is 0. The molecule has 2 aromatic carbocycles. The highest BCUT2D eigenvalue weighted by molar-refractivity contribution is 14.1. The van der Waals surface area contributed by atoms with Crippen LogP contribution in [0.1, 0.15) is 17.2 Å². The van der Waals surface area contributed by atoms with Crippen LogP contribution in [0.3, 0.4) is 0 Å². The number of aliphatic hydroxyl groups excluding tert-OH is 1. The van der Waals surface area contributed by atoms with Crippen molar-refractivity contribution < 1.29 is 5.11 Å².